The number of hydrogen-bond donors (Lipinski definition) is 0. The number of rotatable bonds is 0. The van der Waals surface area contributed by atoms with Crippen molar-refractivity contribution in [3.05, 3.63) is 24.3 Å². The summed E-state index contributed by atoms with van der Waals surface area (Å²) in [6, 6.07) is 0. The molecule has 0 bridgehead atoms. The summed E-state index contributed by atoms with van der Waals surface area (Å²) in [5, 5.41) is 0. The second-order valence-electron chi connectivity index (χ2n) is 2.41. The number of allylic oxidation sites excluding steroid dienone is 4. The smallest absolute Gasteiger partial charge is 0.0881 e. The molecular formula is C8H10I2. The molecule has 0 atom stereocenters. The third kappa shape index (κ3) is 3.37. The maximum atomic E-state index is 2.50. The van der Waals surface area contributed by atoms with E-state index in [4.69, 9.17) is 0 Å². The van der Waals surface area contributed by atoms with E-state index in [9.17, 15) is 0 Å². The van der Waals surface area contributed by atoms with Gasteiger partial charge in [0.05, 0.1) is 1.43 Å². The highest BCUT2D eigenvalue weighted by molar-refractivity contribution is 14.2. The zero-order valence-electron chi connectivity index (χ0n) is 5.69. The Kier molecular flexibility index (Phi) is 3.69. The average Bonchev–Trinajstić information content (AvgIpc) is 1.81. The van der Waals surface area contributed by atoms with Crippen LogP contribution < -0.4 is 0 Å². The van der Waals surface area contributed by atoms with Crippen molar-refractivity contribution < 1.29 is 0 Å². The molecule has 0 radical (unpaired) electrons. The number of hydrogen-bond acceptors (Lipinski definition) is 0. The topological polar surface area (TPSA) is 0 Å². The van der Waals surface area contributed by atoms with E-state index in [1.165, 1.54) is 12.8 Å². The van der Waals surface area contributed by atoms with E-state index in [0.29, 0.717) is 1.43 Å². The molecule has 0 aromatic carbocycles. The second kappa shape index (κ2) is 4.09. The summed E-state index contributed by atoms with van der Waals surface area (Å²) in [6.07, 6.45) is 12.6. The van der Waals surface area contributed by atoms with Crippen molar-refractivity contribution in [2.24, 2.45) is 0 Å². The van der Waals surface area contributed by atoms with Crippen molar-refractivity contribution in [2.75, 3.05) is 0 Å². The van der Waals surface area contributed by atoms with Crippen LogP contribution in [0.5, 0.6) is 0 Å². The predicted molar refractivity (Wildman–Crippen MR) is 62.9 cm³/mol. The zero-order chi connectivity index (χ0) is 7.45. The second-order valence-corrected chi connectivity index (χ2v) is 8.32. The Morgan fingerprint density at radius 1 is 1.10 bits per heavy atom. The molecule has 10 heavy (non-hydrogen) atoms. The first-order chi connectivity index (χ1) is 4.71. The molecule has 0 amide bonds. The van der Waals surface area contributed by atoms with Gasteiger partial charge >= 0.3 is 0 Å². The van der Waals surface area contributed by atoms with Gasteiger partial charge in [-0.05, 0) is 19.3 Å². The fourth-order valence-electron chi connectivity index (χ4n) is 0.892. The summed E-state index contributed by atoms with van der Waals surface area (Å²) in [5.74, 6) is 0. The SMILES string of the molecule is IC1(I)C=CCC=CCC1. The van der Waals surface area contributed by atoms with Crippen LogP contribution in [0.1, 0.15) is 19.3 Å². The van der Waals surface area contributed by atoms with Gasteiger partial charge in [-0.25, -0.2) is 0 Å². The Bertz CT molecular complexity index is 157. The molecule has 0 saturated carbocycles. The standard InChI is InChI=1S/C8H10I2/c9-8(10)6-4-2-1-3-5-7-8/h1-2,5,7H,3-4,6H2. The molecule has 0 N–H and O–H groups in total. The quantitative estimate of drug-likeness (QED) is 0.350. The van der Waals surface area contributed by atoms with Crippen molar-refractivity contribution in [2.45, 2.75) is 20.7 Å². The highest BCUT2D eigenvalue weighted by Crippen LogP contribution is 2.35. The van der Waals surface area contributed by atoms with Crippen LogP contribution in [0, 0.1) is 0 Å². The number of halogens is 2. The molecule has 1 aliphatic rings. The van der Waals surface area contributed by atoms with Crippen molar-refractivity contribution in [1.82, 2.24) is 0 Å². The van der Waals surface area contributed by atoms with Gasteiger partial charge in [-0.15, -0.1) is 0 Å². The summed E-state index contributed by atoms with van der Waals surface area (Å²) < 4.78 is 0.361. The minimum Gasteiger partial charge on any atom is -0.0881 e. The van der Waals surface area contributed by atoms with Crippen LogP contribution in [0.15, 0.2) is 24.3 Å². The van der Waals surface area contributed by atoms with Gasteiger partial charge in [0.1, 0.15) is 0 Å². The molecule has 0 unspecified atom stereocenters. The first kappa shape index (κ1) is 9.03. The molecule has 0 spiro atoms. The third-order valence-corrected chi connectivity index (χ3v) is 3.24. The summed E-state index contributed by atoms with van der Waals surface area (Å²) in [6.45, 7) is 0. The summed E-state index contributed by atoms with van der Waals surface area (Å²) in [5.41, 5.74) is 0. The van der Waals surface area contributed by atoms with Gasteiger partial charge in [0.25, 0.3) is 0 Å². The van der Waals surface area contributed by atoms with Crippen LogP contribution in [0.4, 0.5) is 0 Å². The van der Waals surface area contributed by atoms with Crippen LogP contribution in [0.25, 0.3) is 0 Å². The molecule has 0 aliphatic heterocycles. The fraction of sp³-hybridized carbons (Fsp3) is 0.500. The lowest BCUT2D eigenvalue weighted by atomic mass is 10.1. The van der Waals surface area contributed by atoms with Gasteiger partial charge in [-0.1, -0.05) is 69.5 Å². The van der Waals surface area contributed by atoms with Crippen molar-refractivity contribution in [1.29, 1.82) is 0 Å². The minimum atomic E-state index is 0.361. The van der Waals surface area contributed by atoms with Crippen LogP contribution in [-0.2, 0) is 0 Å². The molecule has 56 valence electrons. The Balaban J connectivity index is 2.57. The van der Waals surface area contributed by atoms with Crippen molar-refractivity contribution in [3.8, 4) is 0 Å². The summed E-state index contributed by atoms with van der Waals surface area (Å²) >= 11 is 5.00. The minimum absolute atomic E-state index is 0.361. The maximum absolute atomic E-state index is 2.50. The highest BCUT2D eigenvalue weighted by atomic mass is 127. The largest absolute Gasteiger partial charge is 0.0916 e. The molecule has 0 aromatic heterocycles. The monoisotopic (exact) mass is 360 g/mol. The lowest BCUT2D eigenvalue weighted by Gasteiger charge is -2.15. The van der Waals surface area contributed by atoms with Gasteiger partial charge in [0.15, 0.2) is 0 Å². The number of alkyl halides is 2. The van der Waals surface area contributed by atoms with E-state index < -0.39 is 0 Å². The van der Waals surface area contributed by atoms with Crippen LogP contribution >= 0.6 is 45.2 Å². The first-order valence-electron chi connectivity index (χ1n) is 3.41. The molecule has 0 nitrogen and oxygen atoms in total. The predicted octanol–water partition coefficient (Wildman–Crippen LogP) is 3.85. The van der Waals surface area contributed by atoms with E-state index >= 15 is 0 Å². The Morgan fingerprint density at radius 3 is 2.70 bits per heavy atom. The molecule has 0 saturated heterocycles. The third-order valence-electron chi connectivity index (χ3n) is 1.44. The molecule has 0 heterocycles. The fourth-order valence-corrected chi connectivity index (χ4v) is 2.02. The van der Waals surface area contributed by atoms with E-state index in [2.05, 4.69) is 69.5 Å². The normalized spacial score (nSPS) is 23.8. The Labute approximate surface area is 89.4 Å². The van der Waals surface area contributed by atoms with E-state index in [1.807, 2.05) is 0 Å². The van der Waals surface area contributed by atoms with Gasteiger partial charge in [-0.3, -0.25) is 0 Å². The van der Waals surface area contributed by atoms with Gasteiger partial charge in [0.2, 0.25) is 0 Å². The Hall–Kier alpha value is 0.940. The van der Waals surface area contributed by atoms with Crippen molar-refractivity contribution in [3.63, 3.8) is 0 Å². The summed E-state index contributed by atoms with van der Waals surface area (Å²) in [7, 11) is 0. The van der Waals surface area contributed by atoms with Crippen LogP contribution in [-0.4, -0.2) is 1.43 Å². The highest BCUT2D eigenvalue weighted by Gasteiger charge is 2.16. The lowest BCUT2D eigenvalue weighted by molar-refractivity contribution is 0.875. The van der Waals surface area contributed by atoms with Crippen molar-refractivity contribution >= 4 is 45.2 Å². The molecule has 1 aliphatic carbocycles. The zero-order valence-corrected chi connectivity index (χ0v) is 10.0. The maximum Gasteiger partial charge on any atom is 0.0916 e. The molecule has 1 rings (SSSR count). The first-order valence-corrected chi connectivity index (χ1v) is 5.57. The average molecular weight is 360 g/mol. The van der Waals surface area contributed by atoms with Crippen LogP contribution in [0.2, 0.25) is 0 Å². The van der Waals surface area contributed by atoms with Crippen LogP contribution in [0.3, 0.4) is 0 Å². The molecular weight excluding hydrogens is 350 g/mol. The molecule has 2 heteroatoms. The Morgan fingerprint density at radius 2 is 1.90 bits per heavy atom. The van der Waals surface area contributed by atoms with E-state index in [-0.39, 0.29) is 0 Å². The van der Waals surface area contributed by atoms with E-state index in [0.717, 1.165) is 6.42 Å². The molecule has 0 aromatic rings. The van der Waals surface area contributed by atoms with E-state index in [1.54, 1.807) is 0 Å². The van der Waals surface area contributed by atoms with Gasteiger partial charge in [0, 0.05) is 0 Å². The lowest BCUT2D eigenvalue weighted by Crippen LogP contribution is -2.05. The summed E-state index contributed by atoms with van der Waals surface area (Å²) in [4.78, 5) is 0. The van der Waals surface area contributed by atoms with Gasteiger partial charge < -0.3 is 0 Å². The molecule has 0 fully saturated rings. The van der Waals surface area contributed by atoms with Gasteiger partial charge in [-0.2, -0.15) is 0 Å².